The van der Waals surface area contributed by atoms with Crippen LogP contribution in [0.25, 0.3) is 22.5 Å². The van der Waals surface area contributed by atoms with E-state index in [-0.39, 0.29) is 23.9 Å². The summed E-state index contributed by atoms with van der Waals surface area (Å²) in [4.78, 5) is 36.9. The minimum Gasteiger partial charge on any atom is -0.354 e. The van der Waals surface area contributed by atoms with Crippen molar-refractivity contribution in [3.05, 3.63) is 60.2 Å². The molecule has 0 unspecified atom stereocenters. The molecule has 33 heavy (non-hydrogen) atoms. The van der Waals surface area contributed by atoms with Crippen molar-refractivity contribution in [2.24, 2.45) is 5.41 Å². The van der Waals surface area contributed by atoms with Crippen molar-refractivity contribution in [1.29, 1.82) is 5.26 Å². The number of nitriles is 1. The summed E-state index contributed by atoms with van der Waals surface area (Å²) in [6.07, 6.45) is 3.77. The molecule has 8 heteroatoms. The second-order valence-corrected chi connectivity index (χ2v) is 8.37. The quantitative estimate of drug-likeness (QED) is 0.567. The molecule has 0 spiro atoms. The van der Waals surface area contributed by atoms with E-state index in [2.05, 4.69) is 31.7 Å². The fourth-order valence-electron chi connectivity index (χ4n) is 3.20. The summed E-state index contributed by atoms with van der Waals surface area (Å²) < 4.78 is 0. The van der Waals surface area contributed by atoms with Crippen LogP contribution in [0.4, 0.5) is 5.69 Å². The van der Waals surface area contributed by atoms with Gasteiger partial charge in [-0.2, -0.15) is 5.26 Å². The average Bonchev–Trinajstić information content (AvgIpc) is 2.83. The maximum atomic E-state index is 12.4. The number of carbonyl (C=O) groups excluding carboxylic acids is 2. The Kier molecular flexibility index (Phi) is 7.13. The van der Waals surface area contributed by atoms with Gasteiger partial charge >= 0.3 is 0 Å². The van der Waals surface area contributed by atoms with Gasteiger partial charge in [-0.05, 0) is 74.2 Å². The number of anilines is 1. The molecule has 2 aromatic heterocycles. The van der Waals surface area contributed by atoms with Crippen LogP contribution >= 0.6 is 0 Å². The highest BCUT2D eigenvalue weighted by Crippen LogP contribution is 2.29. The topological polar surface area (TPSA) is 121 Å². The molecule has 0 atom stereocenters. The van der Waals surface area contributed by atoms with Crippen molar-refractivity contribution in [2.45, 2.75) is 33.6 Å². The molecule has 2 N–H and O–H groups in total. The number of aromatic nitrogens is 3. The van der Waals surface area contributed by atoms with Crippen molar-refractivity contribution < 1.29 is 9.59 Å². The second kappa shape index (κ2) is 10.0. The van der Waals surface area contributed by atoms with E-state index in [1.54, 1.807) is 19.3 Å². The third-order valence-electron chi connectivity index (χ3n) is 5.26. The van der Waals surface area contributed by atoms with Gasteiger partial charge in [-0.25, -0.2) is 9.97 Å². The zero-order valence-corrected chi connectivity index (χ0v) is 19.1. The molecule has 3 aromatic rings. The van der Waals surface area contributed by atoms with Crippen LogP contribution in [0, 0.1) is 23.7 Å². The first-order valence-electron chi connectivity index (χ1n) is 10.5. The van der Waals surface area contributed by atoms with Gasteiger partial charge in [-0.15, -0.1) is 0 Å². The molecule has 0 aliphatic heterocycles. The molecule has 3 rings (SSSR count). The summed E-state index contributed by atoms with van der Waals surface area (Å²) in [6, 6.07) is 13.3. The SMILES string of the molecule is CNC(=O)c1cc(-c2cc(-c3cc(NC(=O)CCC(C)(C)C#N)ccc3C)ccn2)ncn1. The van der Waals surface area contributed by atoms with Crippen molar-refractivity contribution in [3.8, 4) is 28.6 Å². The number of nitrogens with one attached hydrogen (secondary N) is 2. The molecule has 0 bridgehead atoms. The van der Waals surface area contributed by atoms with Crippen molar-refractivity contribution in [3.63, 3.8) is 0 Å². The summed E-state index contributed by atoms with van der Waals surface area (Å²) in [6.45, 7) is 5.63. The molecule has 0 saturated heterocycles. The lowest BCUT2D eigenvalue weighted by atomic mass is 9.90. The van der Waals surface area contributed by atoms with Crippen LogP contribution in [0.15, 0.2) is 48.9 Å². The largest absolute Gasteiger partial charge is 0.354 e. The van der Waals surface area contributed by atoms with Crippen LogP contribution in [0.5, 0.6) is 0 Å². The number of rotatable bonds is 7. The zero-order chi connectivity index (χ0) is 24.0. The summed E-state index contributed by atoms with van der Waals surface area (Å²) in [5.74, 6) is -0.432. The number of benzene rings is 1. The highest BCUT2D eigenvalue weighted by atomic mass is 16.2. The predicted octanol–water partition coefficient (Wildman–Crippen LogP) is 4.14. The molecule has 8 nitrogen and oxygen atoms in total. The van der Waals surface area contributed by atoms with Crippen molar-refractivity contribution in [2.75, 3.05) is 12.4 Å². The normalized spacial score (nSPS) is 10.9. The second-order valence-electron chi connectivity index (χ2n) is 8.37. The lowest BCUT2D eigenvalue weighted by Gasteiger charge is -2.15. The van der Waals surface area contributed by atoms with Crippen LogP contribution in [0.3, 0.4) is 0 Å². The number of aryl methyl sites for hydroxylation is 1. The van der Waals surface area contributed by atoms with Crippen molar-refractivity contribution in [1.82, 2.24) is 20.3 Å². The standard InChI is InChI=1S/C25H26N6O2/c1-16-5-6-18(31-23(32)7-9-25(2,3)14-26)12-19(16)17-8-10-28-20(11-17)21-13-22(24(33)27-4)30-15-29-21/h5-6,8,10-13,15H,7,9H2,1-4H3,(H,27,33)(H,31,32). The summed E-state index contributed by atoms with van der Waals surface area (Å²) >= 11 is 0. The van der Waals surface area contributed by atoms with Gasteiger partial charge in [-0.3, -0.25) is 14.6 Å². The molecule has 0 aliphatic carbocycles. The van der Waals surface area contributed by atoms with Crippen LogP contribution in [0.1, 0.15) is 42.7 Å². The van der Waals surface area contributed by atoms with Gasteiger partial charge in [0.2, 0.25) is 5.91 Å². The number of hydrogen-bond acceptors (Lipinski definition) is 6. The average molecular weight is 443 g/mol. The first-order chi connectivity index (χ1) is 15.7. The van der Waals surface area contributed by atoms with Crippen molar-refractivity contribution >= 4 is 17.5 Å². The van der Waals surface area contributed by atoms with Gasteiger partial charge in [0.1, 0.15) is 12.0 Å². The lowest BCUT2D eigenvalue weighted by molar-refractivity contribution is -0.116. The van der Waals surface area contributed by atoms with Crippen LogP contribution in [0.2, 0.25) is 0 Å². The molecule has 1 aromatic carbocycles. The number of nitrogens with zero attached hydrogens (tertiary/aromatic N) is 4. The van der Waals surface area contributed by atoms with Gasteiger partial charge in [0, 0.05) is 25.4 Å². The minimum absolute atomic E-state index is 0.133. The molecule has 2 heterocycles. The van der Waals surface area contributed by atoms with E-state index in [0.29, 0.717) is 23.5 Å². The lowest BCUT2D eigenvalue weighted by Crippen LogP contribution is -2.19. The Labute approximate surface area is 193 Å². The van der Waals surface area contributed by atoms with E-state index in [1.807, 2.05) is 51.1 Å². The Morgan fingerprint density at radius 2 is 1.82 bits per heavy atom. The maximum Gasteiger partial charge on any atom is 0.269 e. The third kappa shape index (κ3) is 5.98. The highest BCUT2D eigenvalue weighted by molar-refractivity contribution is 5.93. The first-order valence-corrected chi connectivity index (χ1v) is 10.5. The van der Waals surface area contributed by atoms with E-state index in [4.69, 9.17) is 5.26 Å². The monoisotopic (exact) mass is 442 g/mol. The third-order valence-corrected chi connectivity index (χ3v) is 5.26. The number of carbonyl (C=O) groups is 2. The molecule has 0 radical (unpaired) electrons. The van der Waals surface area contributed by atoms with Gasteiger partial charge in [0.15, 0.2) is 0 Å². The molecule has 2 amide bonds. The van der Waals surface area contributed by atoms with Crippen LogP contribution < -0.4 is 10.6 Å². The molecule has 0 fully saturated rings. The fourth-order valence-corrected chi connectivity index (χ4v) is 3.20. The van der Waals surface area contributed by atoms with Crippen LogP contribution in [-0.2, 0) is 4.79 Å². The Hall–Kier alpha value is -4.12. The summed E-state index contributed by atoms with van der Waals surface area (Å²) in [5, 5.41) is 14.6. The fraction of sp³-hybridized carbons (Fsp3) is 0.280. The van der Waals surface area contributed by atoms with E-state index in [9.17, 15) is 9.59 Å². The van der Waals surface area contributed by atoms with E-state index >= 15 is 0 Å². The minimum atomic E-state index is -0.540. The number of amides is 2. The maximum absolute atomic E-state index is 12.4. The molecule has 168 valence electrons. The van der Waals surface area contributed by atoms with Gasteiger partial charge < -0.3 is 10.6 Å². The Bertz CT molecular complexity index is 1230. The Morgan fingerprint density at radius 1 is 1.06 bits per heavy atom. The first kappa shape index (κ1) is 23.5. The van der Waals surface area contributed by atoms with E-state index < -0.39 is 5.41 Å². The van der Waals surface area contributed by atoms with Gasteiger partial charge in [-0.1, -0.05) is 6.07 Å². The van der Waals surface area contributed by atoms with E-state index in [0.717, 1.165) is 16.7 Å². The number of pyridine rings is 1. The smallest absolute Gasteiger partial charge is 0.269 e. The zero-order valence-electron chi connectivity index (χ0n) is 19.1. The Balaban J connectivity index is 1.85. The Morgan fingerprint density at radius 3 is 2.55 bits per heavy atom. The van der Waals surface area contributed by atoms with Gasteiger partial charge in [0.05, 0.1) is 22.9 Å². The predicted molar refractivity (Wildman–Crippen MR) is 126 cm³/mol. The number of hydrogen-bond donors (Lipinski definition) is 2. The molecule has 0 aliphatic rings. The summed E-state index contributed by atoms with van der Waals surface area (Å²) in [5.41, 5.74) is 4.41. The van der Waals surface area contributed by atoms with Gasteiger partial charge in [0.25, 0.3) is 5.91 Å². The highest BCUT2D eigenvalue weighted by Gasteiger charge is 2.18. The molecular formula is C25H26N6O2. The molecule has 0 saturated carbocycles. The molecular weight excluding hydrogens is 416 g/mol. The summed E-state index contributed by atoms with van der Waals surface area (Å²) in [7, 11) is 1.54. The van der Waals surface area contributed by atoms with E-state index in [1.165, 1.54) is 6.33 Å². The van der Waals surface area contributed by atoms with Crippen LogP contribution in [-0.4, -0.2) is 33.8 Å².